The Labute approximate surface area is 118 Å². The average molecular weight is 301 g/mol. The molecule has 4 nitrogen and oxygen atoms in total. The molecule has 0 amide bonds. The second-order valence-electron chi connectivity index (χ2n) is 3.38. The molecule has 0 N–H and O–H groups in total. The molecular weight excluding hydrogens is 291 g/mol. The van der Waals surface area contributed by atoms with Gasteiger partial charge in [-0.3, -0.25) is 0 Å². The molecule has 0 saturated carbocycles. The quantitative estimate of drug-likeness (QED) is 0.762. The molecule has 0 atom stereocenters. The smallest absolute Gasteiger partial charge is 0.277 e. The van der Waals surface area contributed by atoms with Gasteiger partial charge in [-0.15, -0.1) is 10.2 Å². The molecule has 0 unspecified atom stereocenters. The summed E-state index contributed by atoms with van der Waals surface area (Å²) in [6.07, 6.45) is 1.77. The second kappa shape index (κ2) is 7.16. The van der Waals surface area contributed by atoms with Crippen LogP contribution in [-0.2, 0) is 6.61 Å². The van der Waals surface area contributed by atoms with Gasteiger partial charge >= 0.3 is 0 Å². The van der Waals surface area contributed by atoms with E-state index >= 15 is 0 Å². The first kappa shape index (κ1) is 13.9. The highest BCUT2D eigenvalue weighted by Crippen LogP contribution is 2.18. The number of benzene rings is 1. The van der Waals surface area contributed by atoms with E-state index in [0.717, 1.165) is 0 Å². The normalized spacial score (nSPS) is 11.1. The highest BCUT2D eigenvalue weighted by atomic mass is 35.5. The number of aromatic nitrogens is 2. The Hall–Kier alpha value is -1.53. The molecule has 0 aliphatic heterocycles. The van der Waals surface area contributed by atoms with E-state index in [1.54, 1.807) is 6.08 Å². The molecule has 0 aliphatic carbocycles. The van der Waals surface area contributed by atoms with Gasteiger partial charge in [-0.05, 0) is 24.3 Å². The van der Waals surface area contributed by atoms with E-state index in [9.17, 15) is 4.39 Å². The van der Waals surface area contributed by atoms with Crippen molar-refractivity contribution in [2.24, 2.45) is 0 Å². The summed E-state index contributed by atoms with van der Waals surface area (Å²) in [6, 6.07) is 5.71. The topological polar surface area (TPSA) is 48.2 Å². The molecule has 2 aromatic rings. The third-order valence-corrected chi connectivity index (χ3v) is 2.97. The highest BCUT2D eigenvalue weighted by molar-refractivity contribution is 7.99. The van der Waals surface area contributed by atoms with Crippen LogP contribution in [0.2, 0.25) is 0 Å². The van der Waals surface area contributed by atoms with E-state index in [2.05, 4.69) is 10.2 Å². The maximum absolute atomic E-state index is 12.7. The molecule has 0 radical (unpaired) electrons. The van der Waals surface area contributed by atoms with Crippen molar-refractivity contribution in [1.29, 1.82) is 0 Å². The minimum absolute atomic E-state index is 0.143. The number of hydrogen-bond donors (Lipinski definition) is 0. The number of rotatable bonds is 6. The Kier molecular flexibility index (Phi) is 5.23. The molecule has 100 valence electrons. The summed E-state index contributed by atoms with van der Waals surface area (Å²) in [5, 5.41) is 8.13. The fraction of sp³-hybridized carbons (Fsp3) is 0.167. The number of hydrogen-bond acceptors (Lipinski definition) is 5. The minimum atomic E-state index is -0.309. The van der Waals surface area contributed by atoms with E-state index in [1.165, 1.54) is 41.6 Å². The number of ether oxygens (including phenoxy) is 1. The van der Waals surface area contributed by atoms with Gasteiger partial charge < -0.3 is 9.15 Å². The van der Waals surface area contributed by atoms with E-state index < -0.39 is 0 Å². The van der Waals surface area contributed by atoms with Crippen molar-refractivity contribution >= 4 is 23.4 Å². The third-order valence-electron chi connectivity index (χ3n) is 2.02. The molecular formula is C12H10ClFN2O2S. The molecule has 1 heterocycles. The number of thioether (sulfide) groups is 1. The lowest BCUT2D eigenvalue weighted by molar-refractivity contribution is 0.252. The fourth-order valence-corrected chi connectivity index (χ4v) is 1.97. The van der Waals surface area contributed by atoms with Crippen molar-refractivity contribution in [3.63, 3.8) is 0 Å². The largest absolute Gasteiger partial charge is 0.484 e. The van der Waals surface area contributed by atoms with E-state index in [4.69, 9.17) is 20.8 Å². The Morgan fingerprint density at radius 2 is 2.11 bits per heavy atom. The van der Waals surface area contributed by atoms with Crippen molar-refractivity contribution in [3.8, 4) is 5.75 Å². The van der Waals surface area contributed by atoms with Gasteiger partial charge in [-0.1, -0.05) is 29.4 Å². The summed E-state index contributed by atoms with van der Waals surface area (Å²) in [7, 11) is 0. The highest BCUT2D eigenvalue weighted by Gasteiger charge is 2.06. The van der Waals surface area contributed by atoms with Gasteiger partial charge in [-0.25, -0.2) is 4.39 Å². The van der Waals surface area contributed by atoms with Crippen molar-refractivity contribution in [2.45, 2.75) is 11.8 Å². The molecule has 0 aliphatic rings. The molecule has 0 fully saturated rings. The molecule has 2 rings (SSSR count). The van der Waals surface area contributed by atoms with Crippen LogP contribution in [0.25, 0.3) is 0 Å². The Balaban J connectivity index is 1.84. The maximum Gasteiger partial charge on any atom is 0.277 e. The summed E-state index contributed by atoms with van der Waals surface area (Å²) in [4.78, 5) is 0. The number of nitrogens with zero attached hydrogens (tertiary/aromatic N) is 2. The molecule has 0 bridgehead atoms. The van der Waals surface area contributed by atoms with Gasteiger partial charge in [0.25, 0.3) is 11.1 Å². The third kappa shape index (κ3) is 4.57. The predicted molar refractivity (Wildman–Crippen MR) is 70.7 cm³/mol. The van der Waals surface area contributed by atoms with E-state index in [1.807, 2.05) is 0 Å². The zero-order chi connectivity index (χ0) is 13.5. The average Bonchev–Trinajstić information content (AvgIpc) is 2.86. The SMILES string of the molecule is Fc1ccc(OCc2nnc(SCC=CCl)o2)cc1. The fourth-order valence-electron chi connectivity index (χ4n) is 1.19. The van der Waals surface area contributed by atoms with Crippen molar-refractivity contribution < 1.29 is 13.5 Å². The van der Waals surface area contributed by atoms with E-state index in [-0.39, 0.29) is 12.4 Å². The zero-order valence-corrected chi connectivity index (χ0v) is 11.3. The second-order valence-corrected chi connectivity index (χ2v) is 4.60. The summed E-state index contributed by atoms with van der Waals surface area (Å²) < 4.78 is 23.4. The van der Waals surface area contributed by atoms with Crippen LogP contribution in [0.5, 0.6) is 5.75 Å². The molecule has 0 spiro atoms. The lowest BCUT2D eigenvalue weighted by Gasteiger charge is -2.01. The van der Waals surface area contributed by atoms with Gasteiger partial charge in [0.15, 0.2) is 6.61 Å². The Bertz CT molecular complexity index is 545. The minimum Gasteiger partial charge on any atom is -0.484 e. The van der Waals surface area contributed by atoms with Crippen molar-refractivity contribution in [3.05, 3.63) is 47.6 Å². The molecule has 7 heteroatoms. The summed E-state index contributed by atoms with van der Waals surface area (Å²) in [5.74, 6) is 1.25. The van der Waals surface area contributed by atoms with Crippen LogP contribution in [0.1, 0.15) is 5.89 Å². The molecule has 19 heavy (non-hydrogen) atoms. The van der Waals surface area contributed by atoms with E-state index in [0.29, 0.717) is 22.6 Å². The van der Waals surface area contributed by atoms with Crippen molar-refractivity contribution in [2.75, 3.05) is 5.75 Å². The van der Waals surface area contributed by atoms with Crippen LogP contribution in [0.4, 0.5) is 4.39 Å². The van der Waals surface area contributed by atoms with Crippen LogP contribution < -0.4 is 4.74 Å². The van der Waals surface area contributed by atoms with Crippen LogP contribution in [0, 0.1) is 5.82 Å². The maximum atomic E-state index is 12.7. The van der Waals surface area contributed by atoms with Gasteiger partial charge in [0.2, 0.25) is 0 Å². The van der Waals surface area contributed by atoms with Gasteiger partial charge in [0.05, 0.1) is 0 Å². The Morgan fingerprint density at radius 3 is 2.84 bits per heavy atom. The predicted octanol–water partition coefficient (Wildman–Crippen LogP) is 3.63. The lowest BCUT2D eigenvalue weighted by Crippen LogP contribution is -1.95. The standard InChI is InChI=1S/C12H10ClFN2O2S/c13-6-1-7-19-12-16-15-11(18-12)8-17-10-4-2-9(14)3-5-10/h1-6H,7-8H2. The molecule has 1 aromatic heterocycles. The monoisotopic (exact) mass is 300 g/mol. The summed E-state index contributed by atoms with van der Waals surface area (Å²) in [6.45, 7) is 0.143. The van der Waals surface area contributed by atoms with Crippen LogP contribution in [0.15, 0.2) is 45.5 Å². The van der Waals surface area contributed by atoms with Gasteiger partial charge in [0, 0.05) is 11.3 Å². The first-order valence-electron chi connectivity index (χ1n) is 5.36. The van der Waals surface area contributed by atoms with Crippen molar-refractivity contribution in [1.82, 2.24) is 10.2 Å². The van der Waals surface area contributed by atoms with Crippen LogP contribution >= 0.6 is 23.4 Å². The molecule has 1 aromatic carbocycles. The van der Waals surface area contributed by atoms with Crippen LogP contribution in [0.3, 0.4) is 0 Å². The first-order valence-corrected chi connectivity index (χ1v) is 6.79. The molecule has 0 saturated heterocycles. The Morgan fingerprint density at radius 1 is 1.32 bits per heavy atom. The zero-order valence-electron chi connectivity index (χ0n) is 9.75. The summed E-state index contributed by atoms with van der Waals surface area (Å²) in [5.41, 5.74) is 1.43. The van der Waals surface area contributed by atoms with Crippen LogP contribution in [-0.4, -0.2) is 16.0 Å². The number of halogens is 2. The lowest BCUT2D eigenvalue weighted by atomic mass is 10.3. The summed E-state index contributed by atoms with van der Waals surface area (Å²) >= 11 is 6.77. The van der Waals surface area contributed by atoms with Gasteiger partial charge in [0.1, 0.15) is 11.6 Å². The van der Waals surface area contributed by atoms with Gasteiger partial charge in [-0.2, -0.15) is 0 Å². The first-order chi connectivity index (χ1) is 9.28.